The molecule has 9 nitrogen and oxygen atoms in total. The number of non-ortho nitro benzene ring substituents is 1. The van der Waals surface area contributed by atoms with Gasteiger partial charge in [0, 0.05) is 18.7 Å². The van der Waals surface area contributed by atoms with Gasteiger partial charge < -0.3 is 10.1 Å². The van der Waals surface area contributed by atoms with E-state index in [4.69, 9.17) is 4.74 Å². The quantitative estimate of drug-likeness (QED) is 0.421. The summed E-state index contributed by atoms with van der Waals surface area (Å²) in [6.45, 7) is 3.07. The highest BCUT2D eigenvalue weighted by molar-refractivity contribution is 7.92. The number of ether oxygens (including phenoxy) is 1. The van der Waals surface area contributed by atoms with Gasteiger partial charge in [-0.05, 0) is 6.07 Å². The summed E-state index contributed by atoms with van der Waals surface area (Å²) in [4.78, 5) is 22.0. The van der Waals surface area contributed by atoms with E-state index in [1.165, 1.54) is 25.3 Å². The molecule has 0 aliphatic rings. The van der Waals surface area contributed by atoms with Gasteiger partial charge in [0.15, 0.2) is 0 Å². The van der Waals surface area contributed by atoms with E-state index in [2.05, 4.69) is 11.9 Å². The second kappa shape index (κ2) is 7.58. The molecule has 0 bridgehead atoms. The average molecular weight is 343 g/mol. The molecule has 1 aromatic carbocycles. The number of carbonyl (C=O) groups is 1. The SMILES string of the molecule is C=CCNC(=O)CN(c1cc([N+](=O)[O-])ccc1OC)S(C)(=O)=O. The topological polar surface area (TPSA) is 119 Å². The first-order chi connectivity index (χ1) is 10.7. The molecule has 126 valence electrons. The summed E-state index contributed by atoms with van der Waals surface area (Å²) in [5, 5.41) is 13.3. The van der Waals surface area contributed by atoms with Crippen molar-refractivity contribution < 1.29 is 22.9 Å². The number of amides is 1. The van der Waals surface area contributed by atoms with E-state index >= 15 is 0 Å². The molecule has 0 unspecified atom stereocenters. The number of nitrogens with one attached hydrogen (secondary N) is 1. The number of hydrogen-bond donors (Lipinski definition) is 1. The van der Waals surface area contributed by atoms with Crippen molar-refractivity contribution in [2.75, 3.05) is 30.8 Å². The molecular weight excluding hydrogens is 326 g/mol. The van der Waals surface area contributed by atoms with E-state index in [1.807, 2.05) is 0 Å². The Morgan fingerprint density at radius 3 is 2.65 bits per heavy atom. The van der Waals surface area contributed by atoms with Gasteiger partial charge in [-0.1, -0.05) is 6.08 Å². The summed E-state index contributed by atoms with van der Waals surface area (Å²) in [5.41, 5.74) is -0.404. The molecule has 0 atom stereocenters. The molecule has 0 aliphatic carbocycles. The van der Waals surface area contributed by atoms with Gasteiger partial charge in [-0.15, -0.1) is 6.58 Å². The Hall–Kier alpha value is -2.62. The zero-order valence-corrected chi connectivity index (χ0v) is 13.5. The molecule has 1 N–H and O–H groups in total. The summed E-state index contributed by atoms with van der Waals surface area (Å²) in [5.74, 6) is -0.485. The number of nitrogens with zero attached hydrogens (tertiary/aromatic N) is 2. The predicted octanol–water partition coefficient (Wildman–Crippen LogP) is 0.672. The van der Waals surface area contributed by atoms with Crippen molar-refractivity contribution in [3.63, 3.8) is 0 Å². The van der Waals surface area contributed by atoms with E-state index in [1.54, 1.807) is 0 Å². The Morgan fingerprint density at radius 2 is 2.17 bits per heavy atom. The van der Waals surface area contributed by atoms with Crippen LogP contribution < -0.4 is 14.4 Å². The van der Waals surface area contributed by atoms with Crippen LogP contribution in [0.1, 0.15) is 0 Å². The molecule has 0 saturated heterocycles. The molecule has 0 spiro atoms. The molecule has 0 fully saturated rings. The van der Waals surface area contributed by atoms with E-state index < -0.39 is 27.4 Å². The van der Waals surface area contributed by atoms with Crippen LogP contribution in [0.25, 0.3) is 0 Å². The standard InChI is InChI=1S/C13H17N3O6S/c1-4-7-14-13(17)9-15(23(3,20)21)11-8-10(16(18)19)5-6-12(11)22-2/h4-6,8H,1,7,9H2,2-3H3,(H,14,17). The summed E-state index contributed by atoms with van der Waals surface area (Å²) >= 11 is 0. The Morgan fingerprint density at radius 1 is 1.52 bits per heavy atom. The minimum atomic E-state index is -3.87. The second-order valence-electron chi connectivity index (χ2n) is 4.48. The Labute approximate surface area is 133 Å². The molecule has 0 heterocycles. The fourth-order valence-corrected chi connectivity index (χ4v) is 2.59. The van der Waals surface area contributed by atoms with E-state index in [-0.39, 0.29) is 23.7 Å². The maximum Gasteiger partial charge on any atom is 0.271 e. The Balaban J connectivity index is 3.31. The van der Waals surface area contributed by atoms with Crippen molar-refractivity contribution in [1.82, 2.24) is 5.32 Å². The lowest BCUT2D eigenvalue weighted by molar-refractivity contribution is -0.384. The number of sulfonamides is 1. The second-order valence-corrected chi connectivity index (χ2v) is 6.38. The Bertz CT molecular complexity index is 716. The number of anilines is 1. The third-order valence-corrected chi connectivity index (χ3v) is 3.90. The van der Waals surface area contributed by atoms with Gasteiger partial charge in [0.2, 0.25) is 15.9 Å². The van der Waals surface area contributed by atoms with Crippen molar-refractivity contribution >= 4 is 27.3 Å². The van der Waals surface area contributed by atoms with Gasteiger partial charge >= 0.3 is 0 Å². The summed E-state index contributed by atoms with van der Waals surface area (Å²) in [7, 11) is -2.57. The lowest BCUT2D eigenvalue weighted by atomic mass is 10.2. The van der Waals surface area contributed by atoms with Crippen molar-refractivity contribution in [1.29, 1.82) is 0 Å². The molecule has 0 saturated carbocycles. The van der Waals surface area contributed by atoms with Crippen LogP contribution in [0.3, 0.4) is 0 Å². The van der Waals surface area contributed by atoms with Crippen LogP contribution in [-0.4, -0.2) is 45.7 Å². The zero-order valence-electron chi connectivity index (χ0n) is 12.7. The third kappa shape index (κ3) is 4.95. The summed E-state index contributed by atoms with van der Waals surface area (Å²) < 4.78 is 29.8. The predicted molar refractivity (Wildman–Crippen MR) is 85.0 cm³/mol. The van der Waals surface area contributed by atoms with E-state index in [0.29, 0.717) is 0 Å². The first kappa shape index (κ1) is 18.4. The fourth-order valence-electron chi connectivity index (χ4n) is 1.74. The first-order valence-electron chi connectivity index (χ1n) is 6.38. The van der Waals surface area contributed by atoms with Gasteiger partial charge in [-0.2, -0.15) is 0 Å². The number of carbonyl (C=O) groups excluding carboxylic acids is 1. The minimum absolute atomic E-state index is 0.0852. The number of rotatable bonds is 8. The molecule has 23 heavy (non-hydrogen) atoms. The van der Waals surface area contributed by atoms with Gasteiger partial charge in [-0.25, -0.2) is 8.42 Å². The zero-order chi connectivity index (χ0) is 17.6. The monoisotopic (exact) mass is 343 g/mol. The first-order valence-corrected chi connectivity index (χ1v) is 8.23. The van der Waals surface area contributed by atoms with Gasteiger partial charge in [0.25, 0.3) is 5.69 Å². The van der Waals surface area contributed by atoms with Crippen LogP contribution in [0.5, 0.6) is 5.75 Å². The van der Waals surface area contributed by atoms with Gasteiger partial charge in [-0.3, -0.25) is 19.2 Å². The highest BCUT2D eigenvalue weighted by Crippen LogP contribution is 2.33. The molecule has 0 aliphatic heterocycles. The van der Waals surface area contributed by atoms with E-state index in [0.717, 1.165) is 16.6 Å². The highest BCUT2D eigenvalue weighted by Gasteiger charge is 2.25. The van der Waals surface area contributed by atoms with E-state index in [9.17, 15) is 23.3 Å². The number of hydrogen-bond acceptors (Lipinski definition) is 6. The average Bonchev–Trinajstić information content (AvgIpc) is 2.48. The summed E-state index contributed by atoms with van der Waals surface area (Å²) in [6, 6.07) is 3.49. The molecule has 1 rings (SSSR count). The molecule has 1 aromatic rings. The lowest BCUT2D eigenvalue weighted by Crippen LogP contribution is -2.40. The van der Waals surface area contributed by atoms with Crippen LogP contribution in [-0.2, 0) is 14.8 Å². The minimum Gasteiger partial charge on any atom is -0.495 e. The number of nitro groups is 1. The van der Waals surface area contributed by atoms with Crippen LogP contribution >= 0.6 is 0 Å². The van der Waals surface area contributed by atoms with Crippen LogP contribution in [0.15, 0.2) is 30.9 Å². The van der Waals surface area contributed by atoms with Crippen molar-refractivity contribution in [3.05, 3.63) is 41.0 Å². The summed E-state index contributed by atoms with van der Waals surface area (Å²) in [6.07, 6.45) is 2.34. The Kier molecular flexibility index (Phi) is 6.08. The fraction of sp³-hybridized carbons (Fsp3) is 0.308. The third-order valence-electron chi connectivity index (χ3n) is 2.77. The van der Waals surface area contributed by atoms with Crippen LogP contribution in [0.2, 0.25) is 0 Å². The van der Waals surface area contributed by atoms with Crippen molar-refractivity contribution in [3.8, 4) is 5.75 Å². The molecule has 10 heteroatoms. The maximum atomic E-state index is 12.0. The molecule has 0 radical (unpaired) electrons. The van der Waals surface area contributed by atoms with Crippen molar-refractivity contribution in [2.24, 2.45) is 0 Å². The van der Waals surface area contributed by atoms with Crippen LogP contribution in [0, 0.1) is 10.1 Å². The largest absolute Gasteiger partial charge is 0.495 e. The van der Waals surface area contributed by atoms with Gasteiger partial charge in [0.05, 0.1) is 18.3 Å². The molecule has 1 amide bonds. The number of benzene rings is 1. The molecule has 0 aromatic heterocycles. The smallest absolute Gasteiger partial charge is 0.271 e. The van der Waals surface area contributed by atoms with Crippen molar-refractivity contribution in [2.45, 2.75) is 0 Å². The molecular formula is C13H17N3O6S. The highest BCUT2D eigenvalue weighted by atomic mass is 32.2. The number of nitro benzene ring substituents is 1. The normalized spacial score (nSPS) is 10.7. The van der Waals surface area contributed by atoms with Crippen LogP contribution in [0.4, 0.5) is 11.4 Å². The number of methoxy groups -OCH3 is 1. The maximum absolute atomic E-state index is 12.0. The lowest BCUT2D eigenvalue weighted by Gasteiger charge is -2.23. The van der Waals surface area contributed by atoms with Gasteiger partial charge in [0.1, 0.15) is 18.0 Å².